The Morgan fingerprint density at radius 1 is 1.02 bits per heavy atom. The van der Waals surface area contributed by atoms with Crippen LogP contribution < -0.4 is 4.74 Å². The van der Waals surface area contributed by atoms with Crippen LogP contribution >= 0.6 is 0 Å². The standard InChI is InChI=1S/C32H24F2N4O4/c1-40-32(39)22-9-10-28-29(13-22)38(24-17-41-18-24)30(36-28)14-20-7-8-21(12-26(20)34)27-3-2-4-31(37-27)42-16-23-6-5-19(15-35)11-25(23)33/h2-13,24H,14,16-18H2,1H3. The van der Waals surface area contributed by atoms with Gasteiger partial charge in [0, 0.05) is 23.6 Å². The lowest BCUT2D eigenvalue weighted by Gasteiger charge is -2.29. The monoisotopic (exact) mass is 566 g/mol. The summed E-state index contributed by atoms with van der Waals surface area (Å²) < 4.78 is 47.6. The first-order valence-electron chi connectivity index (χ1n) is 13.2. The van der Waals surface area contributed by atoms with Gasteiger partial charge in [0.15, 0.2) is 0 Å². The Morgan fingerprint density at radius 2 is 1.83 bits per heavy atom. The fraction of sp³-hybridized carbons (Fsp3) is 0.188. The van der Waals surface area contributed by atoms with E-state index < -0.39 is 17.6 Å². The summed E-state index contributed by atoms with van der Waals surface area (Å²) in [4.78, 5) is 21.3. The molecule has 0 amide bonds. The van der Waals surface area contributed by atoms with Crippen LogP contribution in [-0.2, 0) is 22.5 Å². The predicted molar refractivity (Wildman–Crippen MR) is 149 cm³/mol. The van der Waals surface area contributed by atoms with Gasteiger partial charge in [-0.05, 0) is 48.0 Å². The van der Waals surface area contributed by atoms with E-state index in [4.69, 9.17) is 24.5 Å². The number of carbonyl (C=O) groups excluding carboxylic acids is 1. The SMILES string of the molecule is COC(=O)c1ccc2nc(Cc3ccc(-c4cccc(OCc5ccc(C#N)cc5F)n4)cc3F)n(C3COC3)c2c1. The third-order valence-corrected chi connectivity index (χ3v) is 7.15. The van der Waals surface area contributed by atoms with E-state index in [2.05, 4.69) is 4.98 Å². The van der Waals surface area contributed by atoms with E-state index in [1.165, 1.54) is 25.3 Å². The van der Waals surface area contributed by atoms with E-state index in [-0.39, 0.29) is 36.1 Å². The van der Waals surface area contributed by atoms with E-state index in [9.17, 15) is 9.18 Å². The van der Waals surface area contributed by atoms with Gasteiger partial charge < -0.3 is 18.8 Å². The van der Waals surface area contributed by atoms with Crippen LogP contribution in [0.3, 0.4) is 0 Å². The zero-order valence-electron chi connectivity index (χ0n) is 22.5. The quantitative estimate of drug-likeness (QED) is 0.220. The van der Waals surface area contributed by atoms with E-state index in [0.717, 1.165) is 11.6 Å². The van der Waals surface area contributed by atoms with E-state index in [1.807, 2.05) is 10.6 Å². The van der Waals surface area contributed by atoms with Crippen molar-refractivity contribution in [3.05, 3.63) is 113 Å². The first kappa shape index (κ1) is 27.1. The number of rotatable bonds is 8. The molecule has 0 saturated carbocycles. The number of imidazole rings is 1. The number of carbonyl (C=O) groups is 1. The molecular weight excluding hydrogens is 542 g/mol. The minimum absolute atomic E-state index is 0.0323. The van der Waals surface area contributed by atoms with E-state index in [1.54, 1.807) is 48.5 Å². The number of halogens is 2. The summed E-state index contributed by atoms with van der Waals surface area (Å²) in [5.74, 6) is -0.481. The highest BCUT2D eigenvalue weighted by molar-refractivity contribution is 5.93. The van der Waals surface area contributed by atoms with Crippen molar-refractivity contribution in [1.29, 1.82) is 5.26 Å². The number of benzene rings is 3. The summed E-state index contributed by atoms with van der Waals surface area (Å²) in [5, 5.41) is 8.91. The average Bonchev–Trinajstić information content (AvgIpc) is 3.32. The van der Waals surface area contributed by atoms with Crippen LogP contribution in [0.15, 0.2) is 72.8 Å². The lowest BCUT2D eigenvalue weighted by atomic mass is 10.0. The molecule has 42 heavy (non-hydrogen) atoms. The van der Waals surface area contributed by atoms with Gasteiger partial charge in [-0.3, -0.25) is 0 Å². The molecule has 0 atom stereocenters. The molecule has 2 aromatic heterocycles. The minimum Gasteiger partial charge on any atom is -0.473 e. The largest absolute Gasteiger partial charge is 0.473 e. The normalized spacial score (nSPS) is 13.0. The molecule has 0 radical (unpaired) electrons. The average molecular weight is 567 g/mol. The molecule has 3 aromatic carbocycles. The maximum absolute atomic E-state index is 15.5. The molecule has 1 aliphatic rings. The van der Waals surface area contributed by atoms with Gasteiger partial charge in [-0.2, -0.15) is 5.26 Å². The van der Waals surface area contributed by atoms with Crippen molar-refractivity contribution in [1.82, 2.24) is 14.5 Å². The van der Waals surface area contributed by atoms with E-state index >= 15 is 4.39 Å². The van der Waals surface area contributed by atoms with Gasteiger partial charge in [0.25, 0.3) is 0 Å². The maximum Gasteiger partial charge on any atom is 0.337 e. The molecule has 5 aromatic rings. The van der Waals surface area contributed by atoms with Crippen molar-refractivity contribution in [2.45, 2.75) is 19.1 Å². The van der Waals surface area contributed by atoms with Crippen LogP contribution in [-0.4, -0.2) is 40.8 Å². The Hall–Kier alpha value is -5.14. The fourth-order valence-corrected chi connectivity index (χ4v) is 4.85. The molecule has 0 aliphatic carbocycles. The van der Waals surface area contributed by atoms with Gasteiger partial charge in [0.2, 0.25) is 5.88 Å². The number of methoxy groups -OCH3 is 1. The Bertz CT molecular complexity index is 1860. The summed E-state index contributed by atoms with van der Waals surface area (Å²) >= 11 is 0. The predicted octanol–water partition coefficient (Wildman–Crippen LogP) is 5.78. The van der Waals surface area contributed by atoms with Crippen molar-refractivity contribution in [2.75, 3.05) is 20.3 Å². The molecule has 0 unspecified atom stereocenters. The molecule has 1 aliphatic heterocycles. The highest BCUT2D eigenvalue weighted by Crippen LogP contribution is 2.30. The molecule has 1 fully saturated rings. The number of ether oxygens (including phenoxy) is 3. The molecule has 0 N–H and O–H groups in total. The summed E-state index contributed by atoms with van der Waals surface area (Å²) in [6.07, 6.45) is 0.234. The molecule has 6 rings (SSSR count). The summed E-state index contributed by atoms with van der Waals surface area (Å²) in [7, 11) is 1.33. The molecule has 8 nitrogen and oxygen atoms in total. The van der Waals surface area contributed by atoms with Gasteiger partial charge in [-0.25, -0.2) is 23.5 Å². The van der Waals surface area contributed by atoms with Crippen LogP contribution in [0.25, 0.3) is 22.3 Å². The molecule has 3 heterocycles. The molecule has 10 heteroatoms. The number of pyridine rings is 1. The second kappa shape index (κ2) is 11.4. The molecule has 210 valence electrons. The summed E-state index contributed by atoms with van der Waals surface area (Å²) in [5.41, 5.74) is 3.88. The summed E-state index contributed by atoms with van der Waals surface area (Å²) in [6, 6.07) is 21.2. The minimum atomic E-state index is -0.537. The van der Waals surface area contributed by atoms with Gasteiger partial charge in [0.05, 0.1) is 60.3 Å². The number of nitriles is 1. The van der Waals surface area contributed by atoms with Gasteiger partial charge >= 0.3 is 5.97 Å². The molecule has 1 saturated heterocycles. The van der Waals surface area contributed by atoms with Crippen LogP contribution in [0, 0.1) is 23.0 Å². The highest BCUT2D eigenvalue weighted by atomic mass is 19.1. The molecule has 0 spiro atoms. The van der Waals surface area contributed by atoms with Crippen LogP contribution in [0.5, 0.6) is 5.88 Å². The van der Waals surface area contributed by atoms with Gasteiger partial charge in [-0.1, -0.05) is 24.3 Å². The van der Waals surface area contributed by atoms with Crippen LogP contribution in [0.1, 0.15) is 38.9 Å². The Balaban J connectivity index is 1.23. The number of esters is 1. The number of fused-ring (bicyclic) bond motifs is 1. The van der Waals surface area contributed by atoms with Crippen LogP contribution in [0.2, 0.25) is 0 Å². The van der Waals surface area contributed by atoms with Gasteiger partial charge in [-0.15, -0.1) is 0 Å². The van der Waals surface area contributed by atoms with Crippen molar-refractivity contribution in [3.8, 4) is 23.2 Å². The van der Waals surface area contributed by atoms with E-state index in [0.29, 0.717) is 46.9 Å². The van der Waals surface area contributed by atoms with Crippen molar-refractivity contribution >= 4 is 17.0 Å². The number of nitrogens with zero attached hydrogens (tertiary/aromatic N) is 4. The lowest BCUT2D eigenvalue weighted by molar-refractivity contribution is -0.0226. The summed E-state index contributed by atoms with van der Waals surface area (Å²) in [6.45, 7) is 0.934. The number of hydrogen-bond acceptors (Lipinski definition) is 7. The third-order valence-electron chi connectivity index (χ3n) is 7.15. The lowest BCUT2D eigenvalue weighted by Crippen LogP contribution is -2.31. The van der Waals surface area contributed by atoms with Crippen LogP contribution in [0.4, 0.5) is 8.78 Å². The first-order valence-corrected chi connectivity index (χ1v) is 13.2. The highest BCUT2D eigenvalue weighted by Gasteiger charge is 2.27. The Kier molecular flexibility index (Phi) is 7.33. The Labute approximate surface area is 239 Å². The topological polar surface area (TPSA) is 99.3 Å². The molecule has 0 bridgehead atoms. The second-order valence-corrected chi connectivity index (χ2v) is 9.84. The second-order valence-electron chi connectivity index (χ2n) is 9.84. The van der Waals surface area contributed by atoms with Gasteiger partial charge in [0.1, 0.15) is 24.1 Å². The Morgan fingerprint density at radius 3 is 2.55 bits per heavy atom. The fourth-order valence-electron chi connectivity index (χ4n) is 4.85. The van der Waals surface area contributed by atoms with Crippen molar-refractivity contribution in [3.63, 3.8) is 0 Å². The zero-order chi connectivity index (χ0) is 29.2. The first-order chi connectivity index (χ1) is 20.4. The molecular formula is C32H24F2N4O4. The number of hydrogen-bond donors (Lipinski definition) is 0. The van der Waals surface area contributed by atoms with Crippen molar-refractivity contribution in [2.24, 2.45) is 0 Å². The number of aromatic nitrogens is 3. The van der Waals surface area contributed by atoms with Crippen molar-refractivity contribution < 1.29 is 27.8 Å². The zero-order valence-corrected chi connectivity index (χ0v) is 22.5. The maximum atomic E-state index is 15.5. The smallest absolute Gasteiger partial charge is 0.337 e. The third kappa shape index (κ3) is 5.30.